The molecule has 0 aliphatic heterocycles. The van der Waals surface area contributed by atoms with Gasteiger partial charge in [0.15, 0.2) is 0 Å². The van der Waals surface area contributed by atoms with E-state index < -0.39 is 5.97 Å². The zero-order chi connectivity index (χ0) is 10.7. The van der Waals surface area contributed by atoms with E-state index in [9.17, 15) is 4.79 Å². The molecule has 1 aromatic carbocycles. The molecule has 0 fully saturated rings. The van der Waals surface area contributed by atoms with Crippen LogP contribution >= 0.6 is 15.9 Å². The van der Waals surface area contributed by atoms with Gasteiger partial charge in [0.1, 0.15) is 0 Å². The normalized spacial score (nSPS) is 10.2. The van der Waals surface area contributed by atoms with Gasteiger partial charge in [-0.2, -0.15) is 0 Å². The summed E-state index contributed by atoms with van der Waals surface area (Å²) >= 11 is 3.46. The number of halogens is 1. The first kappa shape index (κ1) is 11.2. The smallest absolute Gasteiger partial charge is 0.303 e. The molecule has 0 aromatic heterocycles. The van der Waals surface area contributed by atoms with E-state index >= 15 is 0 Å². The summed E-state index contributed by atoms with van der Waals surface area (Å²) in [5.41, 5.74) is 3.43. The average Bonchev–Trinajstić information content (AvgIpc) is 2.01. The van der Waals surface area contributed by atoms with Crippen molar-refractivity contribution in [2.24, 2.45) is 0 Å². The fourth-order valence-electron chi connectivity index (χ4n) is 1.49. The van der Waals surface area contributed by atoms with Crippen molar-refractivity contribution < 1.29 is 9.90 Å². The van der Waals surface area contributed by atoms with Crippen LogP contribution in [0.5, 0.6) is 0 Å². The first-order valence-electron chi connectivity index (χ1n) is 4.48. The Labute approximate surface area is 92.1 Å². The van der Waals surface area contributed by atoms with Gasteiger partial charge in [-0.3, -0.25) is 4.79 Å². The van der Waals surface area contributed by atoms with Gasteiger partial charge in [-0.05, 0) is 43.0 Å². The van der Waals surface area contributed by atoms with Gasteiger partial charge in [0.2, 0.25) is 0 Å². The number of hydrogen-bond acceptors (Lipinski definition) is 1. The summed E-state index contributed by atoms with van der Waals surface area (Å²) in [4.78, 5) is 10.4. The lowest BCUT2D eigenvalue weighted by molar-refractivity contribution is -0.136. The SMILES string of the molecule is Cc1cc(C)c(CCC(=O)O)c(Br)c1. The molecular formula is C11H13BrO2. The van der Waals surface area contributed by atoms with E-state index in [0.717, 1.165) is 15.6 Å². The Balaban J connectivity index is 2.91. The summed E-state index contributed by atoms with van der Waals surface area (Å²) in [5, 5.41) is 8.60. The lowest BCUT2D eigenvalue weighted by atomic mass is 10.0. The third kappa shape index (κ3) is 2.84. The van der Waals surface area contributed by atoms with Crippen LogP contribution in [-0.2, 0) is 11.2 Å². The molecule has 76 valence electrons. The van der Waals surface area contributed by atoms with E-state index in [1.807, 2.05) is 19.9 Å². The Morgan fingerprint density at radius 3 is 2.57 bits per heavy atom. The molecule has 1 aromatic rings. The van der Waals surface area contributed by atoms with Crippen molar-refractivity contribution in [1.29, 1.82) is 0 Å². The van der Waals surface area contributed by atoms with Crippen molar-refractivity contribution in [1.82, 2.24) is 0 Å². The molecule has 1 N–H and O–H groups in total. The number of hydrogen-bond donors (Lipinski definition) is 1. The fraction of sp³-hybridized carbons (Fsp3) is 0.364. The molecule has 0 aliphatic rings. The van der Waals surface area contributed by atoms with E-state index in [0.29, 0.717) is 6.42 Å². The maximum Gasteiger partial charge on any atom is 0.303 e. The Morgan fingerprint density at radius 1 is 1.43 bits per heavy atom. The zero-order valence-corrected chi connectivity index (χ0v) is 9.89. The molecule has 0 radical (unpaired) electrons. The predicted octanol–water partition coefficient (Wildman–Crippen LogP) is 3.08. The molecule has 0 bridgehead atoms. The Hall–Kier alpha value is -0.830. The highest BCUT2D eigenvalue weighted by molar-refractivity contribution is 9.10. The Morgan fingerprint density at radius 2 is 2.07 bits per heavy atom. The Bertz CT molecular complexity index is 335. The molecule has 0 saturated heterocycles. The zero-order valence-electron chi connectivity index (χ0n) is 8.30. The van der Waals surface area contributed by atoms with Crippen molar-refractivity contribution in [3.8, 4) is 0 Å². The second-order valence-corrected chi connectivity index (χ2v) is 4.29. The first-order chi connectivity index (χ1) is 6.50. The van der Waals surface area contributed by atoms with Gasteiger partial charge in [0, 0.05) is 10.9 Å². The Kier molecular flexibility index (Phi) is 3.69. The summed E-state index contributed by atoms with van der Waals surface area (Å²) in [6.45, 7) is 4.04. The topological polar surface area (TPSA) is 37.3 Å². The number of rotatable bonds is 3. The summed E-state index contributed by atoms with van der Waals surface area (Å²) in [7, 11) is 0. The van der Waals surface area contributed by atoms with E-state index in [4.69, 9.17) is 5.11 Å². The van der Waals surface area contributed by atoms with Gasteiger partial charge >= 0.3 is 5.97 Å². The van der Waals surface area contributed by atoms with Crippen LogP contribution in [0.2, 0.25) is 0 Å². The highest BCUT2D eigenvalue weighted by Gasteiger charge is 2.06. The van der Waals surface area contributed by atoms with Crippen molar-refractivity contribution >= 4 is 21.9 Å². The van der Waals surface area contributed by atoms with Gasteiger partial charge in [0.05, 0.1) is 0 Å². The van der Waals surface area contributed by atoms with Crippen molar-refractivity contribution in [3.05, 3.63) is 33.3 Å². The van der Waals surface area contributed by atoms with Crippen molar-refractivity contribution in [2.75, 3.05) is 0 Å². The standard InChI is InChI=1S/C11H13BrO2/c1-7-5-8(2)9(10(12)6-7)3-4-11(13)14/h5-6H,3-4H2,1-2H3,(H,13,14). The number of benzene rings is 1. The minimum atomic E-state index is -0.753. The molecule has 2 nitrogen and oxygen atoms in total. The number of carboxylic acids is 1. The van der Waals surface area contributed by atoms with Crippen LogP contribution < -0.4 is 0 Å². The minimum Gasteiger partial charge on any atom is -0.481 e. The van der Waals surface area contributed by atoms with Crippen molar-refractivity contribution in [3.63, 3.8) is 0 Å². The van der Waals surface area contributed by atoms with Crippen LogP contribution in [-0.4, -0.2) is 11.1 Å². The van der Waals surface area contributed by atoms with E-state index in [2.05, 4.69) is 22.0 Å². The monoisotopic (exact) mass is 256 g/mol. The van der Waals surface area contributed by atoms with E-state index in [1.54, 1.807) is 0 Å². The molecule has 0 saturated carbocycles. The quantitative estimate of drug-likeness (QED) is 0.903. The van der Waals surface area contributed by atoms with Gasteiger partial charge in [-0.15, -0.1) is 0 Å². The fourth-order valence-corrected chi connectivity index (χ4v) is 2.37. The maximum atomic E-state index is 10.4. The van der Waals surface area contributed by atoms with Crippen molar-refractivity contribution in [2.45, 2.75) is 26.7 Å². The van der Waals surface area contributed by atoms with Gasteiger partial charge in [-0.25, -0.2) is 0 Å². The molecule has 0 unspecified atom stereocenters. The van der Waals surface area contributed by atoms with Crippen LogP contribution in [0.1, 0.15) is 23.1 Å². The van der Waals surface area contributed by atoms with Crippen LogP contribution in [0.15, 0.2) is 16.6 Å². The van der Waals surface area contributed by atoms with E-state index in [-0.39, 0.29) is 6.42 Å². The third-order valence-corrected chi connectivity index (χ3v) is 2.86. The molecular weight excluding hydrogens is 244 g/mol. The summed E-state index contributed by atoms with van der Waals surface area (Å²) in [5.74, 6) is -0.753. The van der Waals surface area contributed by atoms with Gasteiger partial charge in [-0.1, -0.05) is 22.0 Å². The number of carbonyl (C=O) groups is 1. The molecule has 0 spiro atoms. The minimum absolute atomic E-state index is 0.183. The summed E-state index contributed by atoms with van der Waals surface area (Å²) in [6, 6.07) is 4.09. The highest BCUT2D eigenvalue weighted by atomic mass is 79.9. The largest absolute Gasteiger partial charge is 0.481 e. The lowest BCUT2D eigenvalue weighted by Gasteiger charge is -2.08. The highest BCUT2D eigenvalue weighted by Crippen LogP contribution is 2.23. The predicted molar refractivity (Wildman–Crippen MR) is 59.6 cm³/mol. The van der Waals surface area contributed by atoms with Gasteiger partial charge in [0.25, 0.3) is 0 Å². The molecule has 3 heteroatoms. The number of aliphatic carboxylic acids is 1. The maximum absolute atomic E-state index is 10.4. The summed E-state index contributed by atoms with van der Waals surface area (Å²) < 4.78 is 1.01. The molecule has 14 heavy (non-hydrogen) atoms. The second kappa shape index (κ2) is 4.60. The molecule has 1 rings (SSSR count). The van der Waals surface area contributed by atoms with Crippen LogP contribution in [0.3, 0.4) is 0 Å². The molecule has 0 amide bonds. The summed E-state index contributed by atoms with van der Waals surface area (Å²) in [6.07, 6.45) is 0.768. The third-order valence-electron chi connectivity index (χ3n) is 2.15. The number of aryl methyl sites for hydroxylation is 2. The average molecular weight is 257 g/mol. The molecule has 0 atom stereocenters. The van der Waals surface area contributed by atoms with Gasteiger partial charge < -0.3 is 5.11 Å². The second-order valence-electron chi connectivity index (χ2n) is 3.44. The molecule has 0 aliphatic carbocycles. The van der Waals surface area contributed by atoms with Crippen LogP contribution in [0.4, 0.5) is 0 Å². The van der Waals surface area contributed by atoms with Crippen LogP contribution in [0.25, 0.3) is 0 Å². The van der Waals surface area contributed by atoms with Crippen LogP contribution in [0, 0.1) is 13.8 Å². The number of carboxylic acid groups (broad SMARTS) is 1. The molecule has 0 heterocycles. The van der Waals surface area contributed by atoms with E-state index in [1.165, 1.54) is 5.56 Å². The first-order valence-corrected chi connectivity index (χ1v) is 5.27. The lowest BCUT2D eigenvalue weighted by Crippen LogP contribution is -2.00.